The number of benzene rings is 1. The third kappa shape index (κ3) is 3.63. The molecule has 1 atom stereocenters. The van der Waals surface area contributed by atoms with Crippen LogP contribution >= 0.6 is 0 Å². The van der Waals surface area contributed by atoms with E-state index in [1.807, 2.05) is 38.2 Å². The summed E-state index contributed by atoms with van der Waals surface area (Å²) in [7, 11) is 3.69. The van der Waals surface area contributed by atoms with Gasteiger partial charge in [-0.25, -0.2) is 0 Å². The Bertz CT molecular complexity index is 361. The van der Waals surface area contributed by atoms with Gasteiger partial charge in [0, 0.05) is 30.8 Å². The topological polar surface area (TPSA) is 32.7 Å². The molecule has 1 unspecified atom stereocenters. The van der Waals surface area contributed by atoms with E-state index in [9.17, 15) is 5.11 Å². The SMILES string of the molecule is COc1cccc(N(C)CC(C)(C)C(C)O)c1. The Kier molecular flexibility index (Phi) is 4.40. The smallest absolute Gasteiger partial charge is 0.120 e. The fourth-order valence-electron chi connectivity index (χ4n) is 1.68. The Balaban J connectivity index is 2.79. The van der Waals surface area contributed by atoms with Crippen molar-refractivity contribution >= 4 is 5.69 Å². The number of rotatable bonds is 5. The van der Waals surface area contributed by atoms with E-state index < -0.39 is 0 Å². The molecule has 0 bridgehead atoms. The first-order valence-corrected chi connectivity index (χ1v) is 5.90. The molecule has 0 saturated carbocycles. The maximum absolute atomic E-state index is 9.73. The molecule has 0 aromatic heterocycles. The third-order valence-corrected chi connectivity index (χ3v) is 3.27. The van der Waals surface area contributed by atoms with Gasteiger partial charge in [0.2, 0.25) is 0 Å². The predicted octanol–water partition coefficient (Wildman–Crippen LogP) is 2.54. The first-order chi connectivity index (χ1) is 7.86. The lowest BCUT2D eigenvalue weighted by Gasteiger charge is -2.34. The summed E-state index contributed by atoms with van der Waals surface area (Å²) >= 11 is 0. The molecule has 0 aliphatic carbocycles. The second-order valence-corrected chi connectivity index (χ2v) is 5.22. The van der Waals surface area contributed by atoms with Gasteiger partial charge in [-0.05, 0) is 19.1 Å². The van der Waals surface area contributed by atoms with E-state index >= 15 is 0 Å². The predicted molar refractivity (Wildman–Crippen MR) is 71.7 cm³/mol. The number of methoxy groups -OCH3 is 1. The fraction of sp³-hybridized carbons (Fsp3) is 0.571. The highest BCUT2D eigenvalue weighted by Gasteiger charge is 2.25. The van der Waals surface area contributed by atoms with Crippen molar-refractivity contribution in [1.82, 2.24) is 0 Å². The number of aliphatic hydroxyl groups excluding tert-OH is 1. The van der Waals surface area contributed by atoms with Crippen molar-refractivity contribution in [1.29, 1.82) is 0 Å². The van der Waals surface area contributed by atoms with Crippen LogP contribution in [-0.2, 0) is 0 Å². The fourth-order valence-corrected chi connectivity index (χ4v) is 1.68. The summed E-state index contributed by atoms with van der Waals surface area (Å²) in [5.41, 5.74) is 0.954. The molecule has 1 rings (SSSR count). The van der Waals surface area contributed by atoms with Crippen LogP contribution in [0.3, 0.4) is 0 Å². The molecule has 0 aliphatic heterocycles. The molecule has 0 radical (unpaired) electrons. The van der Waals surface area contributed by atoms with Crippen molar-refractivity contribution in [2.75, 3.05) is 25.6 Å². The van der Waals surface area contributed by atoms with Gasteiger partial charge >= 0.3 is 0 Å². The van der Waals surface area contributed by atoms with Crippen molar-refractivity contribution in [2.45, 2.75) is 26.9 Å². The molecular weight excluding hydrogens is 214 g/mol. The van der Waals surface area contributed by atoms with E-state index in [-0.39, 0.29) is 11.5 Å². The molecule has 0 fully saturated rings. The zero-order valence-electron chi connectivity index (χ0n) is 11.4. The van der Waals surface area contributed by atoms with Crippen LogP contribution in [0.25, 0.3) is 0 Å². The van der Waals surface area contributed by atoms with Crippen LogP contribution in [0.15, 0.2) is 24.3 Å². The minimum absolute atomic E-state index is 0.141. The standard InChI is InChI=1S/C14H23NO2/c1-11(16)14(2,3)10-15(4)12-7-6-8-13(9-12)17-5/h6-9,11,16H,10H2,1-5H3. The molecule has 3 heteroatoms. The van der Waals surface area contributed by atoms with E-state index in [0.717, 1.165) is 18.0 Å². The minimum atomic E-state index is -0.337. The normalized spacial score (nSPS) is 13.3. The highest BCUT2D eigenvalue weighted by Crippen LogP contribution is 2.26. The molecule has 3 nitrogen and oxygen atoms in total. The molecule has 17 heavy (non-hydrogen) atoms. The lowest BCUT2D eigenvalue weighted by Crippen LogP contribution is -2.38. The van der Waals surface area contributed by atoms with E-state index in [2.05, 4.69) is 18.7 Å². The van der Waals surface area contributed by atoms with Crippen molar-refractivity contribution in [2.24, 2.45) is 5.41 Å². The second kappa shape index (κ2) is 5.41. The van der Waals surface area contributed by atoms with Crippen LogP contribution in [0.1, 0.15) is 20.8 Å². The van der Waals surface area contributed by atoms with Crippen molar-refractivity contribution in [3.05, 3.63) is 24.3 Å². The van der Waals surface area contributed by atoms with Crippen molar-refractivity contribution in [3.8, 4) is 5.75 Å². The average molecular weight is 237 g/mol. The molecule has 1 aromatic rings. The lowest BCUT2D eigenvalue weighted by atomic mass is 9.87. The summed E-state index contributed by atoms with van der Waals surface area (Å²) in [6.07, 6.45) is -0.337. The van der Waals surface area contributed by atoms with Crippen LogP contribution in [-0.4, -0.2) is 31.9 Å². The summed E-state index contributed by atoms with van der Waals surface area (Å²) < 4.78 is 5.21. The highest BCUT2D eigenvalue weighted by atomic mass is 16.5. The van der Waals surface area contributed by atoms with Gasteiger partial charge in [-0.2, -0.15) is 0 Å². The highest BCUT2D eigenvalue weighted by molar-refractivity contribution is 5.50. The van der Waals surface area contributed by atoms with Crippen LogP contribution in [0, 0.1) is 5.41 Å². The maximum atomic E-state index is 9.73. The van der Waals surface area contributed by atoms with Crippen LogP contribution in [0.4, 0.5) is 5.69 Å². The Labute approximate surface area is 104 Å². The molecule has 0 amide bonds. The van der Waals surface area contributed by atoms with Gasteiger partial charge in [0.1, 0.15) is 5.75 Å². The first-order valence-electron chi connectivity index (χ1n) is 5.90. The van der Waals surface area contributed by atoms with Crippen molar-refractivity contribution < 1.29 is 9.84 Å². The van der Waals surface area contributed by atoms with Crippen molar-refractivity contribution in [3.63, 3.8) is 0 Å². The van der Waals surface area contributed by atoms with Gasteiger partial charge in [-0.3, -0.25) is 0 Å². The van der Waals surface area contributed by atoms with E-state index in [1.165, 1.54) is 0 Å². The molecule has 0 aliphatic rings. The number of nitrogens with zero attached hydrogens (tertiary/aromatic N) is 1. The van der Waals surface area contributed by atoms with Gasteiger partial charge in [0.15, 0.2) is 0 Å². The number of aliphatic hydroxyl groups is 1. The zero-order valence-corrected chi connectivity index (χ0v) is 11.4. The molecule has 0 saturated heterocycles. The maximum Gasteiger partial charge on any atom is 0.120 e. The molecule has 1 N–H and O–H groups in total. The number of hydrogen-bond acceptors (Lipinski definition) is 3. The summed E-state index contributed by atoms with van der Waals surface area (Å²) in [6, 6.07) is 7.94. The van der Waals surface area contributed by atoms with E-state index in [4.69, 9.17) is 4.74 Å². The van der Waals surface area contributed by atoms with Gasteiger partial charge in [0.05, 0.1) is 13.2 Å². The number of hydrogen-bond donors (Lipinski definition) is 1. The summed E-state index contributed by atoms with van der Waals surface area (Å²) in [4.78, 5) is 2.13. The summed E-state index contributed by atoms with van der Waals surface area (Å²) in [6.45, 7) is 6.75. The zero-order chi connectivity index (χ0) is 13.1. The average Bonchev–Trinajstić information content (AvgIpc) is 2.28. The lowest BCUT2D eigenvalue weighted by molar-refractivity contribution is 0.0718. The first kappa shape index (κ1) is 13.8. The molecular formula is C14H23NO2. The monoisotopic (exact) mass is 237 g/mol. The van der Waals surface area contributed by atoms with E-state index in [1.54, 1.807) is 7.11 Å². The molecule has 96 valence electrons. The summed E-state index contributed by atoms with van der Waals surface area (Å²) in [5.74, 6) is 0.851. The molecule has 0 heterocycles. The minimum Gasteiger partial charge on any atom is -0.497 e. The van der Waals surface area contributed by atoms with Crippen LogP contribution < -0.4 is 9.64 Å². The quantitative estimate of drug-likeness (QED) is 0.854. The Morgan fingerprint density at radius 3 is 2.59 bits per heavy atom. The Morgan fingerprint density at radius 1 is 1.41 bits per heavy atom. The van der Waals surface area contributed by atoms with Crippen LogP contribution in [0.2, 0.25) is 0 Å². The largest absolute Gasteiger partial charge is 0.497 e. The molecule has 0 spiro atoms. The molecule has 1 aromatic carbocycles. The van der Waals surface area contributed by atoms with E-state index in [0.29, 0.717) is 0 Å². The number of ether oxygens (including phenoxy) is 1. The second-order valence-electron chi connectivity index (χ2n) is 5.22. The number of anilines is 1. The van der Waals surface area contributed by atoms with Gasteiger partial charge in [-0.15, -0.1) is 0 Å². The Hall–Kier alpha value is -1.22. The van der Waals surface area contributed by atoms with Gasteiger partial charge < -0.3 is 14.7 Å². The Morgan fingerprint density at radius 2 is 2.06 bits per heavy atom. The third-order valence-electron chi connectivity index (χ3n) is 3.27. The van der Waals surface area contributed by atoms with Gasteiger partial charge in [0.25, 0.3) is 0 Å². The van der Waals surface area contributed by atoms with Crippen LogP contribution in [0.5, 0.6) is 5.75 Å². The van der Waals surface area contributed by atoms with Gasteiger partial charge in [-0.1, -0.05) is 19.9 Å². The summed E-state index contributed by atoms with van der Waals surface area (Å²) in [5, 5.41) is 9.73.